The van der Waals surface area contributed by atoms with Crippen molar-refractivity contribution >= 4 is 6.29 Å². The smallest absolute Gasteiger partial charge is 0.120 e. The molecule has 2 heteroatoms. The van der Waals surface area contributed by atoms with E-state index in [1.165, 1.54) is 0 Å². The Balaban J connectivity index is 0.000000956. The molecule has 0 unspecified atom stereocenters. The number of benzene rings is 2. The molecule has 20 heavy (non-hydrogen) atoms. The van der Waals surface area contributed by atoms with Gasteiger partial charge in [-0.15, -0.1) is 0 Å². The van der Waals surface area contributed by atoms with Gasteiger partial charge < -0.3 is 9.53 Å². The molecule has 0 saturated carbocycles. The summed E-state index contributed by atoms with van der Waals surface area (Å²) in [6.07, 6.45) is 2.27. The molecule has 2 aromatic rings. The number of carbonyl (C=O) groups is 1. The van der Waals surface area contributed by atoms with Crippen molar-refractivity contribution in [3.63, 3.8) is 0 Å². The summed E-state index contributed by atoms with van der Waals surface area (Å²) in [6, 6.07) is 18.0. The molecule has 0 aliphatic heterocycles. The first-order chi connectivity index (χ1) is 9.88. The van der Waals surface area contributed by atoms with E-state index >= 15 is 0 Å². The van der Waals surface area contributed by atoms with E-state index < -0.39 is 0 Å². The van der Waals surface area contributed by atoms with Gasteiger partial charge in [-0.2, -0.15) is 0 Å². The first-order valence-electron chi connectivity index (χ1n) is 7.08. The zero-order valence-corrected chi connectivity index (χ0v) is 12.2. The van der Waals surface area contributed by atoms with Crippen molar-refractivity contribution in [3.05, 3.63) is 65.7 Å². The summed E-state index contributed by atoms with van der Waals surface area (Å²) >= 11 is 0. The SMILES string of the molecule is CC.O=CCCc1cccc(OCc2ccccc2)c1. The third kappa shape index (κ3) is 5.70. The first-order valence-corrected chi connectivity index (χ1v) is 7.08. The molecule has 106 valence electrons. The van der Waals surface area contributed by atoms with Crippen molar-refractivity contribution in [3.8, 4) is 5.75 Å². The molecule has 2 nitrogen and oxygen atoms in total. The van der Waals surface area contributed by atoms with Gasteiger partial charge >= 0.3 is 0 Å². The third-order valence-corrected chi connectivity index (χ3v) is 2.70. The quantitative estimate of drug-likeness (QED) is 0.726. The molecule has 0 amide bonds. The van der Waals surface area contributed by atoms with Crippen molar-refractivity contribution in [2.24, 2.45) is 0 Å². The molecule has 2 rings (SSSR count). The van der Waals surface area contributed by atoms with Crippen molar-refractivity contribution in [1.29, 1.82) is 0 Å². The highest BCUT2D eigenvalue weighted by atomic mass is 16.5. The lowest BCUT2D eigenvalue weighted by Gasteiger charge is -2.07. The van der Waals surface area contributed by atoms with Crippen LogP contribution in [-0.2, 0) is 17.8 Å². The largest absolute Gasteiger partial charge is 0.489 e. The van der Waals surface area contributed by atoms with Crippen LogP contribution in [0.15, 0.2) is 54.6 Å². The Kier molecular flexibility index (Phi) is 7.82. The van der Waals surface area contributed by atoms with Crippen LogP contribution < -0.4 is 4.74 Å². The Labute approximate surface area is 121 Å². The summed E-state index contributed by atoms with van der Waals surface area (Å²) in [5.41, 5.74) is 2.28. The van der Waals surface area contributed by atoms with Crippen molar-refractivity contribution in [2.45, 2.75) is 33.3 Å². The number of aryl methyl sites for hydroxylation is 1. The van der Waals surface area contributed by atoms with Gasteiger partial charge in [0, 0.05) is 6.42 Å². The number of aldehydes is 1. The highest BCUT2D eigenvalue weighted by molar-refractivity contribution is 5.50. The van der Waals surface area contributed by atoms with Crippen LogP contribution in [0.25, 0.3) is 0 Å². The van der Waals surface area contributed by atoms with Gasteiger partial charge in [0.1, 0.15) is 18.6 Å². The maximum atomic E-state index is 10.3. The minimum Gasteiger partial charge on any atom is -0.489 e. The van der Waals surface area contributed by atoms with Gasteiger partial charge in [0.05, 0.1) is 0 Å². The predicted molar refractivity (Wildman–Crippen MR) is 82.9 cm³/mol. The average Bonchev–Trinajstić information content (AvgIpc) is 2.54. The minimum absolute atomic E-state index is 0.558. The Bertz CT molecular complexity index is 492. The molecule has 0 N–H and O–H groups in total. The molecule has 0 aliphatic rings. The molecule has 0 bridgehead atoms. The lowest BCUT2D eigenvalue weighted by Crippen LogP contribution is -1.95. The van der Waals surface area contributed by atoms with Gasteiger partial charge in [0.25, 0.3) is 0 Å². The third-order valence-electron chi connectivity index (χ3n) is 2.70. The van der Waals surface area contributed by atoms with E-state index in [0.717, 1.165) is 29.6 Å². The van der Waals surface area contributed by atoms with E-state index in [0.29, 0.717) is 13.0 Å². The van der Waals surface area contributed by atoms with Crippen molar-refractivity contribution in [2.75, 3.05) is 0 Å². The predicted octanol–water partition coefficient (Wildman–Crippen LogP) is 4.42. The van der Waals surface area contributed by atoms with E-state index in [2.05, 4.69) is 0 Å². The van der Waals surface area contributed by atoms with Crippen molar-refractivity contribution < 1.29 is 9.53 Å². The zero-order valence-electron chi connectivity index (χ0n) is 12.2. The number of ether oxygens (including phenoxy) is 1. The highest BCUT2D eigenvalue weighted by Gasteiger charge is 1.98. The summed E-state index contributed by atoms with van der Waals surface area (Å²) in [6.45, 7) is 4.57. The van der Waals surface area contributed by atoms with Crippen LogP contribution in [0.4, 0.5) is 0 Å². The molecule has 0 aromatic heterocycles. The Morgan fingerprint density at radius 2 is 1.65 bits per heavy atom. The molecule has 0 heterocycles. The summed E-state index contributed by atoms with van der Waals surface area (Å²) in [5, 5.41) is 0. The molecule has 0 spiro atoms. The maximum absolute atomic E-state index is 10.3. The fourth-order valence-electron chi connectivity index (χ4n) is 1.76. The van der Waals surface area contributed by atoms with Crippen LogP contribution in [0, 0.1) is 0 Å². The molecule has 0 fully saturated rings. The molecular weight excluding hydrogens is 248 g/mol. The first kappa shape index (κ1) is 16.0. The Morgan fingerprint density at radius 3 is 2.35 bits per heavy atom. The number of carbonyl (C=O) groups excluding carboxylic acids is 1. The minimum atomic E-state index is 0.558. The normalized spacial score (nSPS) is 9.30. The van der Waals surface area contributed by atoms with Crippen molar-refractivity contribution in [1.82, 2.24) is 0 Å². The fourth-order valence-corrected chi connectivity index (χ4v) is 1.76. The summed E-state index contributed by atoms with van der Waals surface area (Å²) in [4.78, 5) is 10.3. The second-order valence-corrected chi connectivity index (χ2v) is 4.13. The lowest BCUT2D eigenvalue weighted by molar-refractivity contribution is -0.107. The van der Waals surface area contributed by atoms with Crippen LogP contribution in [0.3, 0.4) is 0 Å². The molecule has 0 radical (unpaired) electrons. The molecule has 0 saturated heterocycles. The Morgan fingerprint density at radius 1 is 0.950 bits per heavy atom. The van der Waals surface area contributed by atoms with Crippen LogP contribution >= 0.6 is 0 Å². The molecule has 0 aliphatic carbocycles. The van der Waals surface area contributed by atoms with E-state index in [1.807, 2.05) is 68.4 Å². The number of rotatable bonds is 6. The van der Waals surface area contributed by atoms with Crippen LogP contribution in [0.2, 0.25) is 0 Å². The van der Waals surface area contributed by atoms with Crippen LogP contribution in [-0.4, -0.2) is 6.29 Å². The summed E-state index contributed by atoms with van der Waals surface area (Å²) < 4.78 is 5.72. The monoisotopic (exact) mass is 270 g/mol. The number of hydrogen-bond acceptors (Lipinski definition) is 2. The van der Waals surface area contributed by atoms with Gasteiger partial charge in [-0.1, -0.05) is 56.3 Å². The second kappa shape index (κ2) is 9.79. The van der Waals surface area contributed by atoms with E-state index in [4.69, 9.17) is 4.74 Å². The van der Waals surface area contributed by atoms with Crippen LogP contribution in [0.1, 0.15) is 31.4 Å². The summed E-state index contributed by atoms with van der Waals surface area (Å²) in [7, 11) is 0. The Hall–Kier alpha value is -2.09. The fraction of sp³-hybridized carbons (Fsp3) is 0.278. The van der Waals surface area contributed by atoms with E-state index in [1.54, 1.807) is 0 Å². The second-order valence-electron chi connectivity index (χ2n) is 4.13. The van der Waals surface area contributed by atoms with Gasteiger partial charge in [-0.05, 0) is 29.7 Å². The highest BCUT2D eigenvalue weighted by Crippen LogP contribution is 2.16. The van der Waals surface area contributed by atoms with E-state index in [-0.39, 0.29) is 0 Å². The maximum Gasteiger partial charge on any atom is 0.120 e. The average molecular weight is 270 g/mol. The summed E-state index contributed by atoms with van der Waals surface area (Å²) in [5.74, 6) is 0.849. The standard InChI is InChI=1S/C16H16O2.C2H6/c17-11-5-9-14-8-4-10-16(12-14)18-13-15-6-2-1-3-7-15;1-2/h1-4,6-8,10-12H,5,9,13H2;1-2H3. The lowest BCUT2D eigenvalue weighted by atomic mass is 10.1. The van der Waals surface area contributed by atoms with Gasteiger partial charge in [0.15, 0.2) is 0 Å². The van der Waals surface area contributed by atoms with Crippen LogP contribution in [0.5, 0.6) is 5.75 Å². The van der Waals surface area contributed by atoms with E-state index in [9.17, 15) is 4.79 Å². The number of hydrogen-bond donors (Lipinski definition) is 0. The molecular formula is C18H22O2. The van der Waals surface area contributed by atoms with Gasteiger partial charge in [-0.25, -0.2) is 0 Å². The molecule has 2 aromatic carbocycles. The topological polar surface area (TPSA) is 26.3 Å². The van der Waals surface area contributed by atoms with Gasteiger partial charge in [-0.3, -0.25) is 0 Å². The molecule has 0 atom stereocenters. The van der Waals surface area contributed by atoms with Gasteiger partial charge in [0.2, 0.25) is 0 Å². The zero-order chi connectivity index (χ0) is 14.6.